The lowest BCUT2D eigenvalue weighted by molar-refractivity contribution is -0.147. The Balaban J connectivity index is 1.50. The van der Waals surface area contributed by atoms with E-state index in [9.17, 15) is 43.8 Å². The van der Waals surface area contributed by atoms with Crippen molar-refractivity contribution in [2.45, 2.75) is 146 Å². The van der Waals surface area contributed by atoms with Gasteiger partial charge < -0.3 is 73.9 Å². The number of amides is 7. The van der Waals surface area contributed by atoms with E-state index in [0.29, 0.717) is 63.2 Å². The molecule has 7 atom stereocenters. The number of aliphatic carboxylic acids is 2. The summed E-state index contributed by atoms with van der Waals surface area (Å²) in [6.45, 7) is 6.68. The molecule has 2 aliphatic rings. The number of nitrogens with two attached hydrogens (primary N) is 3. The number of carbonyl (C=O) groups excluding carboxylic acids is 7. The molecule has 0 spiro atoms. The first-order valence-corrected chi connectivity index (χ1v) is 27.1. The smallest absolute Gasteiger partial charge is 0.326 e. The average Bonchev–Trinajstić information content (AvgIpc) is 4.01. The highest BCUT2D eigenvalue weighted by molar-refractivity contribution is 5.98. The number of carboxylic acids is 2. The number of hydrogen-bond acceptors (Lipinski definition) is 14. The van der Waals surface area contributed by atoms with Crippen LogP contribution in [0.1, 0.15) is 99.6 Å². The quantitative estimate of drug-likeness (QED) is 0.0199. The normalized spacial score (nSPS) is 16.4. The molecule has 0 unspecified atom stereocenters. The number of nitrogens with one attached hydrogen (secondary N) is 7. The third-order valence-electron chi connectivity index (χ3n) is 13.7. The van der Waals surface area contributed by atoms with Crippen molar-refractivity contribution in [1.29, 1.82) is 0 Å². The Labute approximate surface area is 464 Å². The molecule has 7 amide bonds. The molecule has 0 bridgehead atoms. The van der Waals surface area contributed by atoms with Crippen LogP contribution in [-0.2, 0) is 80.2 Å². The Morgan fingerprint density at radius 3 is 1.94 bits per heavy atom. The van der Waals surface area contributed by atoms with Crippen molar-refractivity contribution < 1.29 is 58.1 Å². The summed E-state index contributed by atoms with van der Waals surface area (Å²) in [6, 6.07) is 4.84. The number of ether oxygens (including phenoxy) is 1. The number of fused-ring (bicyclic) bond motifs is 1. The van der Waals surface area contributed by atoms with Gasteiger partial charge in [0.05, 0.1) is 26.0 Å². The average molecular weight is 1120 g/mol. The first-order valence-electron chi connectivity index (χ1n) is 27.1. The number of carboxylic acid groups (broad SMARTS) is 2. The number of hydrogen-bond donors (Lipinski definition) is 12. The summed E-state index contributed by atoms with van der Waals surface area (Å²) in [5, 5.41) is 35.7. The summed E-state index contributed by atoms with van der Waals surface area (Å²) in [7, 11) is 0. The number of aliphatic imine (C=N–C) groups is 1. The van der Waals surface area contributed by atoms with Gasteiger partial charge in [0.25, 0.3) is 0 Å². The van der Waals surface area contributed by atoms with E-state index in [-0.39, 0.29) is 64.0 Å². The van der Waals surface area contributed by atoms with E-state index in [0.717, 1.165) is 29.8 Å². The predicted octanol–water partition coefficient (Wildman–Crippen LogP) is -1.16. The fourth-order valence-corrected chi connectivity index (χ4v) is 9.43. The summed E-state index contributed by atoms with van der Waals surface area (Å²) in [5.41, 5.74) is 20.3. The van der Waals surface area contributed by atoms with Gasteiger partial charge in [0.1, 0.15) is 42.3 Å². The molecule has 15 N–H and O–H groups in total. The zero-order chi connectivity index (χ0) is 58.1. The molecule has 1 fully saturated rings. The van der Waals surface area contributed by atoms with Crippen LogP contribution in [0.25, 0.3) is 0 Å². The van der Waals surface area contributed by atoms with Crippen LogP contribution < -0.4 is 49.1 Å². The number of benzene rings is 2. The van der Waals surface area contributed by atoms with E-state index in [4.69, 9.17) is 21.9 Å². The molecular formula is C54H78N14O12. The highest BCUT2D eigenvalue weighted by Gasteiger charge is 2.40. The molecule has 2 aliphatic heterocycles. The third kappa shape index (κ3) is 20.4. The first-order chi connectivity index (χ1) is 38.3. The van der Waals surface area contributed by atoms with Gasteiger partial charge in [-0.05, 0) is 67.3 Å². The highest BCUT2D eigenvalue weighted by Crippen LogP contribution is 2.26. The molecule has 80 heavy (non-hydrogen) atoms. The minimum Gasteiger partial charge on any atom is -0.481 e. The van der Waals surface area contributed by atoms with Crippen molar-refractivity contribution in [2.24, 2.45) is 22.2 Å². The van der Waals surface area contributed by atoms with Gasteiger partial charge in [-0.25, -0.2) is 9.78 Å². The zero-order valence-electron chi connectivity index (χ0n) is 45.5. The Bertz CT molecular complexity index is 2590. The van der Waals surface area contributed by atoms with Crippen molar-refractivity contribution in [3.05, 3.63) is 89.0 Å². The van der Waals surface area contributed by atoms with Gasteiger partial charge in [0.2, 0.25) is 41.4 Å². The molecule has 3 aromatic rings. The van der Waals surface area contributed by atoms with Gasteiger partial charge in [-0.3, -0.25) is 48.2 Å². The second-order valence-corrected chi connectivity index (χ2v) is 20.0. The number of unbranched alkanes of at least 4 members (excludes halogenated alkanes) is 2. The van der Waals surface area contributed by atoms with Crippen LogP contribution in [0.4, 0.5) is 0 Å². The summed E-state index contributed by atoms with van der Waals surface area (Å²) < 4.78 is 5.50. The van der Waals surface area contributed by atoms with Gasteiger partial charge in [-0.15, -0.1) is 0 Å². The van der Waals surface area contributed by atoms with Crippen LogP contribution in [0, 0.1) is 0 Å². The molecule has 3 heterocycles. The maximum absolute atomic E-state index is 15.2. The molecule has 436 valence electrons. The Morgan fingerprint density at radius 2 is 1.32 bits per heavy atom. The van der Waals surface area contributed by atoms with Crippen molar-refractivity contribution in [1.82, 2.24) is 51.7 Å². The zero-order valence-corrected chi connectivity index (χ0v) is 45.5. The van der Waals surface area contributed by atoms with Crippen LogP contribution in [-0.4, -0.2) is 171 Å². The summed E-state index contributed by atoms with van der Waals surface area (Å²) in [6.07, 6.45) is 3.94. The van der Waals surface area contributed by atoms with Crippen LogP contribution >= 0.6 is 0 Å². The van der Waals surface area contributed by atoms with Gasteiger partial charge in [0, 0.05) is 70.8 Å². The fraction of sp³-hybridized carbons (Fsp3) is 0.537. The number of imidazole rings is 1. The molecule has 0 radical (unpaired) electrons. The second kappa shape index (κ2) is 32.2. The maximum Gasteiger partial charge on any atom is 0.326 e. The minimum atomic E-state index is -1.73. The molecule has 5 rings (SSSR count). The molecule has 1 aromatic heterocycles. The van der Waals surface area contributed by atoms with E-state index in [1.54, 1.807) is 30.3 Å². The lowest BCUT2D eigenvalue weighted by Crippen LogP contribution is -2.61. The number of guanidine groups is 1. The largest absolute Gasteiger partial charge is 0.481 e. The molecular weight excluding hydrogens is 1040 g/mol. The Hall–Kier alpha value is -7.97. The number of aromatic amines is 1. The van der Waals surface area contributed by atoms with Crippen molar-refractivity contribution in [3.63, 3.8) is 0 Å². The van der Waals surface area contributed by atoms with Gasteiger partial charge >= 0.3 is 11.9 Å². The van der Waals surface area contributed by atoms with E-state index < -0.39 is 102 Å². The van der Waals surface area contributed by atoms with E-state index >= 15 is 9.59 Å². The molecule has 26 nitrogen and oxygen atoms in total. The van der Waals surface area contributed by atoms with E-state index in [1.165, 1.54) is 24.3 Å². The summed E-state index contributed by atoms with van der Waals surface area (Å²) in [5.74, 6) is -8.52. The fourth-order valence-electron chi connectivity index (χ4n) is 9.43. The monoisotopic (exact) mass is 1110 g/mol. The van der Waals surface area contributed by atoms with Crippen LogP contribution in [0.5, 0.6) is 0 Å². The number of morpholine rings is 1. The molecule has 1 saturated heterocycles. The predicted molar refractivity (Wildman–Crippen MR) is 293 cm³/mol. The van der Waals surface area contributed by atoms with Crippen LogP contribution in [0.2, 0.25) is 0 Å². The van der Waals surface area contributed by atoms with Crippen LogP contribution in [0.3, 0.4) is 0 Å². The molecule has 0 saturated carbocycles. The number of H-pyrrole nitrogens is 1. The number of carbonyl (C=O) groups is 9. The first kappa shape index (κ1) is 62.9. The van der Waals surface area contributed by atoms with Crippen molar-refractivity contribution >= 4 is 59.2 Å². The Kier molecular flexibility index (Phi) is 25.3. The maximum atomic E-state index is 15.2. The molecule has 26 heteroatoms. The minimum absolute atomic E-state index is 0.0208. The third-order valence-corrected chi connectivity index (χ3v) is 13.7. The topological polar surface area (TPSA) is 401 Å². The standard InChI is InChI=1S/C54H78N14O12/c1-3-4-12-39(61-33(2)69)47(72)66-44(28-46(70)71)50(75)65-43(27-38-29-58-32-60-38)49(74)64-42(25-34-15-17-35(18-16-34)30-67-21-23-80-24-22-67)48(73)62-40(14-9-20-59-54(56)57)52(77)68-31-37-11-6-5-10-36(37)26-45(68)51(76)63-41(53(78)79)13-7-8-19-55/h5-6,10-11,15-18,29,32,39-45H,3-4,7-9,12-14,19-28,30-31,55H2,1-2H3,(H,58,60)(H,61,69)(H,62,73)(H,63,76)(H,64,74)(H,65,75)(H,66,72)(H,70,71)(H,78,79)(H4,56,57,59)/t39-,40-,41-,42+,43-,44-,45-/m0/s1. The van der Waals surface area contributed by atoms with Gasteiger partial charge in [-0.1, -0.05) is 68.3 Å². The van der Waals surface area contributed by atoms with Crippen molar-refractivity contribution in [2.75, 3.05) is 39.4 Å². The van der Waals surface area contributed by atoms with Crippen molar-refractivity contribution in [3.8, 4) is 0 Å². The lowest BCUT2D eigenvalue weighted by atomic mass is 9.92. The second-order valence-electron chi connectivity index (χ2n) is 20.0. The van der Waals surface area contributed by atoms with E-state index in [1.807, 2.05) is 25.1 Å². The highest BCUT2D eigenvalue weighted by atomic mass is 16.5. The summed E-state index contributed by atoms with van der Waals surface area (Å²) >= 11 is 0. The van der Waals surface area contributed by atoms with E-state index in [2.05, 4.69) is 51.8 Å². The Morgan fingerprint density at radius 1 is 0.725 bits per heavy atom. The lowest BCUT2D eigenvalue weighted by Gasteiger charge is -2.38. The molecule has 0 aliphatic carbocycles. The molecule has 2 aromatic carbocycles. The number of rotatable bonds is 32. The van der Waals surface area contributed by atoms with Gasteiger partial charge in [0.15, 0.2) is 5.96 Å². The number of nitrogens with zero attached hydrogens (tertiary/aromatic N) is 4. The van der Waals surface area contributed by atoms with Crippen LogP contribution in [0.15, 0.2) is 66.0 Å². The SMILES string of the molecule is CCCC[C@H](NC(C)=O)C(=O)N[C@@H](CC(=O)O)C(=O)N[C@@H](Cc1cnc[nH]1)C(=O)N[C@H](Cc1ccc(CN2CCOCC2)cc1)C(=O)N[C@@H](CCCN=C(N)N)C(=O)N1Cc2ccccc2C[C@H]1C(=O)N[C@@H](CCCCN)C(=O)O. The number of aromatic nitrogens is 2. The van der Waals surface area contributed by atoms with Gasteiger partial charge in [-0.2, -0.15) is 0 Å². The summed E-state index contributed by atoms with van der Waals surface area (Å²) in [4.78, 5) is 138.